The van der Waals surface area contributed by atoms with Crippen LogP contribution in [0.3, 0.4) is 0 Å². The Morgan fingerprint density at radius 2 is 2.22 bits per heavy atom. The Balaban J connectivity index is 2.27. The average molecular weight is 253 g/mol. The first-order chi connectivity index (χ1) is 8.52. The third-order valence-corrected chi connectivity index (χ3v) is 2.99. The van der Waals surface area contributed by atoms with Crippen molar-refractivity contribution in [2.75, 3.05) is 13.2 Å². The molecule has 7 heteroatoms. The summed E-state index contributed by atoms with van der Waals surface area (Å²) in [5.41, 5.74) is 1.52. The minimum Gasteiger partial charge on any atom is -0.465 e. The molecule has 0 atom stereocenters. The van der Waals surface area contributed by atoms with Crippen LogP contribution in [-0.4, -0.2) is 44.1 Å². The number of H-pyrrole nitrogens is 1. The predicted octanol–water partition coefficient (Wildman–Crippen LogP) is -0.239. The standard InChI is InChI=1S/C11H15N3O4/c1-7(6-15)4-14-10(16)8-5-13(11(17)18)3-2-9(8)12-14/h12,15H,1-6H2,(H,17,18). The summed E-state index contributed by atoms with van der Waals surface area (Å²) in [6.45, 7) is 4.15. The molecule has 0 aromatic carbocycles. The molecule has 0 radical (unpaired) electrons. The minimum absolute atomic E-state index is 0.110. The van der Waals surface area contributed by atoms with Gasteiger partial charge in [-0.2, -0.15) is 0 Å². The molecule has 1 aliphatic heterocycles. The van der Waals surface area contributed by atoms with E-state index in [-0.39, 0.29) is 25.3 Å². The van der Waals surface area contributed by atoms with Crippen LogP contribution in [0.2, 0.25) is 0 Å². The molecule has 0 unspecified atom stereocenters. The van der Waals surface area contributed by atoms with Crippen LogP contribution < -0.4 is 5.56 Å². The van der Waals surface area contributed by atoms with Crippen molar-refractivity contribution in [2.45, 2.75) is 19.5 Å². The van der Waals surface area contributed by atoms with E-state index < -0.39 is 6.09 Å². The summed E-state index contributed by atoms with van der Waals surface area (Å²) in [5.74, 6) is 0. The van der Waals surface area contributed by atoms with E-state index in [0.29, 0.717) is 24.1 Å². The maximum atomic E-state index is 12.0. The van der Waals surface area contributed by atoms with Crippen LogP contribution in [0.4, 0.5) is 4.79 Å². The monoisotopic (exact) mass is 253 g/mol. The van der Waals surface area contributed by atoms with Crippen molar-refractivity contribution in [2.24, 2.45) is 0 Å². The van der Waals surface area contributed by atoms with E-state index in [0.717, 1.165) is 5.69 Å². The summed E-state index contributed by atoms with van der Waals surface area (Å²) in [6, 6.07) is 0. The minimum atomic E-state index is -1.02. The Morgan fingerprint density at radius 3 is 2.83 bits per heavy atom. The van der Waals surface area contributed by atoms with Gasteiger partial charge in [-0.05, 0) is 5.57 Å². The number of aromatic nitrogens is 2. The van der Waals surface area contributed by atoms with Gasteiger partial charge in [0.2, 0.25) is 0 Å². The molecule has 1 aromatic rings. The van der Waals surface area contributed by atoms with Gasteiger partial charge in [0, 0.05) is 18.7 Å². The van der Waals surface area contributed by atoms with E-state index in [9.17, 15) is 9.59 Å². The normalized spacial score (nSPS) is 14.4. The van der Waals surface area contributed by atoms with Gasteiger partial charge >= 0.3 is 6.09 Å². The Kier molecular flexibility index (Phi) is 3.24. The van der Waals surface area contributed by atoms with E-state index >= 15 is 0 Å². The molecule has 0 bridgehead atoms. The van der Waals surface area contributed by atoms with Crippen molar-refractivity contribution in [3.8, 4) is 0 Å². The van der Waals surface area contributed by atoms with Gasteiger partial charge in [-0.25, -0.2) is 9.48 Å². The summed E-state index contributed by atoms with van der Waals surface area (Å²) in [4.78, 5) is 24.1. The number of hydrogen-bond donors (Lipinski definition) is 3. The van der Waals surface area contributed by atoms with E-state index in [4.69, 9.17) is 10.2 Å². The largest absolute Gasteiger partial charge is 0.465 e. The summed E-state index contributed by atoms with van der Waals surface area (Å²) in [5, 5.41) is 20.7. The van der Waals surface area contributed by atoms with E-state index in [1.165, 1.54) is 9.58 Å². The lowest BCUT2D eigenvalue weighted by molar-refractivity contribution is 0.139. The van der Waals surface area contributed by atoms with Crippen molar-refractivity contribution in [1.82, 2.24) is 14.7 Å². The SMILES string of the molecule is C=C(CO)Cn1[nH]c2c(c1=O)CN(C(=O)O)CC2. The molecule has 18 heavy (non-hydrogen) atoms. The first kappa shape index (κ1) is 12.4. The lowest BCUT2D eigenvalue weighted by Gasteiger charge is -2.22. The number of aliphatic hydroxyl groups excluding tert-OH is 1. The van der Waals surface area contributed by atoms with Gasteiger partial charge in [0.15, 0.2) is 0 Å². The number of carboxylic acid groups (broad SMARTS) is 1. The summed E-state index contributed by atoms with van der Waals surface area (Å²) >= 11 is 0. The predicted molar refractivity (Wildman–Crippen MR) is 63.4 cm³/mol. The second-order valence-electron chi connectivity index (χ2n) is 4.32. The molecule has 0 fully saturated rings. The van der Waals surface area contributed by atoms with E-state index in [2.05, 4.69) is 11.7 Å². The smallest absolute Gasteiger partial charge is 0.407 e. The Morgan fingerprint density at radius 1 is 1.50 bits per heavy atom. The highest BCUT2D eigenvalue weighted by molar-refractivity contribution is 5.65. The number of aliphatic hydroxyl groups is 1. The van der Waals surface area contributed by atoms with Gasteiger partial charge < -0.3 is 15.1 Å². The second-order valence-corrected chi connectivity index (χ2v) is 4.32. The molecular formula is C11H15N3O4. The maximum absolute atomic E-state index is 12.0. The molecule has 0 saturated carbocycles. The molecule has 2 heterocycles. The molecule has 98 valence electrons. The highest BCUT2D eigenvalue weighted by Crippen LogP contribution is 2.14. The van der Waals surface area contributed by atoms with Crippen LogP contribution >= 0.6 is 0 Å². The van der Waals surface area contributed by atoms with Crippen molar-refractivity contribution < 1.29 is 15.0 Å². The Labute approximate surface area is 103 Å². The van der Waals surface area contributed by atoms with Crippen LogP contribution in [0.15, 0.2) is 16.9 Å². The van der Waals surface area contributed by atoms with Crippen molar-refractivity contribution in [3.63, 3.8) is 0 Å². The van der Waals surface area contributed by atoms with Gasteiger partial charge in [-0.1, -0.05) is 6.58 Å². The third-order valence-electron chi connectivity index (χ3n) is 2.99. The zero-order valence-electron chi connectivity index (χ0n) is 9.85. The number of fused-ring (bicyclic) bond motifs is 1. The number of amides is 1. The van der Waals surface area contributed by atoms with Gasteiger partial charge in [0.1, 0.15) is 0 Å². The number of rotatable bonds is 3. The number of nitrogens with zero attached hydrogens (tertiary/aromatic N) is 2. The lowest BCUT2D eigenvalue weighted by atomic mass is 10.1. The Hall–Kier alpha value is -2.02. The van der Waals surface area contributed by atoms with Gasteiger partial charge in [-0.15, -0.1) is 0 Å². The van der Waals surface area contributed by atoms with E-state index in [1.807, 2.05) is 0 Å². The van der Waals surface area contributed by atoms with Crippen LogP contribution in [0, 0.1) is 0 Å². The summed E-state index contributed by atoms with van der Waals surface area (Å²) in [7, 11) is 0. The topological polar surface area (TPSA) is 98.6 Å². The molecule has 0 spiro atoms. The Bertz CT molecular complexity index is 543. The van der Waals surface area contributed by atoms with Gasteiger partial charge in [0.05, 0.1) is 25.3 Å². The summed E-state index contributed by atoms with van der Waals surface area (Å²) in [6.07, 6.45) is -0.525. The fraction of sp³-hybridized carbons (Fsp3) is 0.455. The molecule has 1 aromatic heterocycles. The molecule has 2 rings (SSSR count). The quantitative estimate of drug-likeness (QED) is 0.647. The zero-order valence-corrected chi connectivity index (χ0v) is 9.85. The maximum Gasteiger partial charge on any atom is 0.407 e. The fourth-order valence-corrected chi connectivity index (χ4v) is 2.01. The first-order valence-electron chi connectivity index (χ1n) is 5.59. The molecule has 3 N–H and O–H groups in total. The van der Waals surface area contributed by atoms with E-state index in [1.54, 1.807) is 0 Å². The zero-order chi connectivity index (χ0) is 13.3. The molecular weight excluding hydrogens is 238 g/mol. The number of nitrogens with one attached hydrogen (secondary N) is 1. The highest BCUT2D eigenvalue weighted by atomic mass is 16.4. The van der Waals surface area contributed by atoms with Gasteiger partial charge in [0.25, 0.3) is 5.56 Å². The molecule has 7 nitrogen and oxygen atoms in total. The number of aromatic amines is 1. The van der Waals surface area contributed by atoms with Crippen molar-refractivity contribution in [3.05, 3.63) is 33.8 Å². The molecule has 1 aliphatic rings. The highest BCUT2D eigenvalue weighted by Gasteiger charge is 2.25. The number of hydrogen-bond acceptors (Lipinski definition) is 3. The second kappa shape index (κ2) is 4.69. The molecule has 0 aliphatic carbocycles. The van der Waals surface area contributed by atoms with Crippen LogP contribution in [-0.2, 0) is 19.5 Å². The van der Waals surface area contributed by atoms with Crippen molar-refractivity contribution >= 4 is 6.09 Å². The van der Waals surface area contributed by atoms with Crippen LogP contribution in [0.5, 0.6) is 0 Å². The number of carbonyl (C=O) groups is 1. The van der Waals surface area contributed by atoms with Gasteiger partial charge in [-0.3, -0.25) is 9.89 Å². The summed E-state index contributed by atoms with van der Waals surface area (Å²) < 4.78 is 1.36. The molecule has 1 amide bonds. The fourth-order valence-electron chi connectivity index (χ4n) is 2.01. The third kappa shape index (κ3) is 2.17. The van der Waals surface area contributed by atoms with Crippen molar-refractivity contribution in [1.29, 1.82) is 0 Å². The lowest BCUT2D eigenvalue weighted by Crippen LogP contribution is -2.36. The first-order valence-corrected chi connectivity index (χ1v) is 5.59. The van der Waals surface area contributed by atoms with Crippen LogP contribution in [0.1, 0.15) is 11.3 Å². The van der Waals surface area contributed by atoms with Crippen LogP contribution in [0.25, 0.3) is 0 Å². The molecule has 0 saturated heterocycles. The average Bonchev–Trinajstić information content (AvgIpc) is 2.66.